The van der Waals surface area contributed by atoms with Crippen LogP contribution in [0.25, 0.3) is 0 Å². The molecule has 1 aromatic carbocycles. The summed E-state index contributed by atoms with van der Waals surface area (Å²) in [5.41, 5.74) is -0.341. The van der Waals surface area contributed by atoms with Gasteiger partial charge >= 0.3 is 5.97 Å². The summed E-state index contributed by atoms with van der Waals surface area (Å²) in [5.74, 6) is 1.28. The average Bonchev–Trinajstić information content (AvgIpc) is 2.56. The van der Waals surface area contributed by atoms with Crippen LogP contribution in [0, 0.1) is 5.92 Å². The van der Waals surface area contributed by atoms with Crippen molar-refractivity contribution in [3.63, 3.8) is 0 Å². The lowest BCUT2D eigenvalue weighted by molar-refractivity contribution is -0.665. The molecule has 1 saturated heterocycles. The average molecular weight is 320 g/mol. The van der Waals surface area contributed by atoms with Crippen molar-refractivity contribution in [1.82, 2.24) is 0 Å². The number of piperidine rings is 1. The number of carbonyl (C=O) groups is 1. The summed E-state index contributed by atoms with van der Waals surface area (Å²) < 4.78 is 11.4. The van der Waals surface area contributed by atoms with E-state index in [1.54, 1.807) is 0 Å². The lowest BCUT2D eigenvalue weighted by atomic mass is 9.83. The number of unbranched alkanes of at least 4 members (excludes halogenated alkanes) is 1. The molecule has 0 bridgehead atoms. The third-order valence-electron chi connectivity index (χ3n) is 4.59. The highest BCUT2D eigenvalue weighted by atomic mass is 16.6. The van der Waals surface area contributed by atoms with Crippen molar-refractivity contribution < 1.29 is 19.6 Å². The summed E-state index contributed by atoms with van der Waals surface area (Å²) >= 11 is 0. The van der Waals surface area contributed by atoms with Crippen LogP contribution in [-0.4, -0.2) is 31.3 Å². The molecule has 23 heavy (non-hydrogen) atoms. The fourth-order valence-electron chi connectivity index (χ4n) is 3.13. The summed E-state index contributed by atoms with van der Waals surface area (Å²) in [5, 5.41) is 2.33. The van der Waals surface area contributed by atoms with Gasteiger partial charge in [0.2, 0.25) is 0 Å². The Bertz CT molecular complexity index is 467. The normalized spacial score (nSPS) is 16.1. The quantitative estimate of drug-likeness (QED) is 0.591. The number of ether oxygens (including phenoxy) is 2. The van der Waals surface area contributed by atoms with E-state index in [0.29, 0.717) is 18.9 Å². The Hall–Kier alpha value is -1.55. The van der Waals surface area contributed by atoms with E-state index in [-0.39, 0.29) is 11.6 Å². The highest BCUT2D eigenvalue weighted by Crippen LogP contribution is 2.28. The molecule has 0 aliphatic carbocycles. The van der Waals surface area contributed by atoms with Gasteiger partial charge in [-0.05, 0) is 38.8 Å². The maximum Gasteiger partial charge on any atom is 0.306 e. The monoisotopic (exact) mass is 320 g/mol. The Morgan fingerprint density at radius 2 is 1.87 bits per heavy atom. The Kier molecular flexibility index (Phi) is 6.90. The highest BCUT2D eigenvalue weighted by Gasteiger charge is 2.35. The summed E-state index contributed by atoms with van der Waals surface area (Å²) in [7, 11) is 0. The zero-order valence-corrected chi connectivity index (χ0v) is 14.4. The minimum Gasteiger partial charge on any atom is -0.494 e. The molecular weight excluding hydrogens is 290 g/mol. The first-order chi connectivity index (χ1) is 11.1. The summed E-state index contributed by atoms with van der Waals surface area (Å²) in [6.07, 6.45) is 4.40. The summed E-state index contributed by atoms with van der Waals surface area (Å²) in [6.45, 7) is 7.03. The zero-order valence-electron chi connectivity index (χ0n) is 14.4. The topological polar surface area (TPSA) is 52.1 Å². The van der Waals surface area contributed by atoms with E-state index in [4.69, 9.17) is 9.47 Å². The first-order valence-electron chi connectivity index (χ1n) is 8.79. The van der Waals surface area contributed by atoms with Crippen LogP contribution in [0.3, 0.4) is 0 Å². The highest BCUT2D eigenvalue weighted by molar-refractivity contribution is 5.69. The van der Waals surface area contributed by atoms with Crippen LogP contribution in [0.1, 0.15) is 46.0 Å². The van der Waals surface area contributed by atoms with Crippen LogP contribution in [-0.2, 0) is 9.53 Å². The fourth-order valence-corrected chi connectivity index (χ4v) is 3.13. The number of hydrogen-bond donors (Lipinski definition) is 1. The Balaban J connectivity index is 1.60. The minimum absolute atomic E-state index is 0.0794. The molecule has 1 aromatic rings. The standard InChI is InChI=1S/C19H29NO3/c1-19(2,16-11-13-20-14-12-16)23-18(21)10-6-7-15-22-17-8-4-3-5-9-17/h3-5,8-9,16,20H,6-7,10-15H2,1-2H3/p+1. The van der Waals surface area contributed by atoms with Crippen LogP contribution in [0.5, 0.6) is 5.75 Å². The van der Waals surface area contributed by atoms with E-state index >= 15 is 0 Å². The molecule has 2 rings (SSSR count). The van der Waals surface area contributed by atoms with Crippen molar-refractivity contribution >= 4 is 5.97 Å². The van der Waals surface area contributed by atoms with Gasteiger partial charge in [-0.3, -0.25) is 4.79 Å². The predicted octanol–water partition coefficient (Wildman–Crippen LogP) is 2.53. The smallest absolute Gasteiger partial charge is 0.306 e. The lowest BCUT2D eigenvalue weighted by Crippen LogP contribution is -2.86. The summed E-state index contributed by atoms with van der Waals surface area (Å²) in [6, 6.07) is 9.77. The SMILES string of the molecule is CC(C)(OC(=O)CCCCOc1ccccc1)C1CC[NH2+]CC1. The molecule has 0 radical (unpaired) electrons. The van der Waals surface area contributed by atoms with Crippen LogP contribution in [0.4, 0.5) is 0 Å². The lowest BCUT2D eigenvalue weighted by Gasteiger charge is -2.35. The van der Waals surface area contributed by atoms with Gasteiger partial charge in [0.1, 0.15) is 11.4 Å². The van der Waals surface area contributed by atoms with Crippen LogP contribution < -0.4 is 10.1 Å². The van der Waals surface area contributed by atoms with Gasteiger partial charge in [0.05, 0.1) is 19.7 Å². The first-order valence-corrected chi connectivity index (χ1v) is 8.79. The third kappa shape index (κ3) is 6.22. The van der Waals surface area contributed by atoms with E-state index in [9.17, 15) is 4.79 Å². The molecule has 2 N–H and O–H groups in total. The molecule has 1 aliphatic rings. The fraction of sp³-hybridized carbons (Fsp3) is 0.632. The number of carbonyl (C=O) groups excluding carboxylic acids is 1. The van der Waals surface area contributed by atoms with Gasteiger partial charge in [-0.15, -0.1) is 0 Å². The molecular formula is C19H30NO3+. The summed E-state index contributed by atoms with van der Waals surface area (Å²) in [4.78, 5) is 12.1. The van der Waals surface area contributed by atoms with E-state index in [1.165, 1.54) is 0 Å². The molecule has 1 heterocycles. The number of benzene rings is 1. The second-order valence-corrected chi connectivity index (χ2v) is 6.84. The van der Waals surface area contributed by atoms with Crippen molar-refractivity contribution in [3.05, 3.63) is 30.3 Å². The largest absolute Gasteiger partial charge is 0.494 e. The molecule has 4 nitrogen and oxygen atoms in total. The van der Waals surface area contributed by atoms with Crippen LogP contribution >= 0.6 is 0 Å². The van der Waals surface area contributed by atoms with Gasteiger partial charge in [-0.2, -0.15) is 0 Å². The van der Waals surface area contributed by atoms with Crippen LogP contribution in [0.2, 0.25) is 0 Å². The van der Waals surface area contributed by atoms with Gasteiger partial charge in [-0.1, -0.05) is 18.2 Å². The van der Waals surface area contributed by atoms with Gasteiger partial charge < -0.3 is 14.8 Å². The Morgan fingerprint density at radius 1 is 1.17 bits per heavy atom. The van der Waals surface area contributed by atoms with Crippen molar-refractivity contribution in [2.45, 2.75) is 51.6 Å². The molecule has 128 valence electrons. The molecule has 0 saturated carbocycles. The van der Waals surface area contributed by atoms with Crippen molar-refractivity contribution in [2.75, 3.05) is 19.7 Å². The molecule has 0 spiro atoms. The molecule has 1 fully saturated rings. The minimum atomic E-state index is -0.341. The van der Waals surface area contributed by atoms with Crippen LogP contribution in [0.15, 0.2) is 30.3 Å². The van der Waals surface area contributed by atoms with Gasteiger partial charge in [-0.25, -0.2) is 0 Å². The number of rotatable bonds is 8. The third-order valence-corrected chi connectivity index (χ3v) is 4.59. The van der Waals surface area contributed by atoms with Crippen molar-refractivity contribution in [1.29, 1.82) is 0 Å². The maximum atomic E-state index is 12.1. The number of hydrogen-bond acceptors (Lipinski definition) is 3. The first kappa shape index (κ1) is 17.8. The zero-order chi connectivity index (χ0) is 16.5. The number of para-hydroxylation sites is 1. The van der Waals surface area contributed by atoms with Gasteiger partial charge in [0, 0.05) is 25.2 Å². The Morgan fingerprint density at radius 3 is 2.57 bits per heavy atom. The van der Waals surface area contributed by atoms with E-state index in [0.717, 1.165) is 44.5 Å². The Labute approximate surface area is 139 Å². The molecule has 0 aromatic heterocycles. The second-order valence-electron chi connectivity index (χ2n) is 6.84. The van der Waals surface area contributed by atoms with Gasteiger partial charge in [0.15, 0.2) is 0 Å². The van der Waals surface area contributed by atoms with Crippen molar-refractivity contribution in [2.24, 2.45) is 5.92 Å². The van der Waals surface area contributed by atoms with E-state index in [2.05, 4.69) is 19.2 Å². The molecule has 0 atom stereocenters. The number of esters is 1. The van der Waals surface area contributed by atoms with E-state index in [1.807, 2.05) is 30.3 Å². The molecule has 4 heteroatoms. The van der Waals surface area contributed by atoms with E-state index < -0.39 is 0 Å². The molecule has 1 aliphatic heterocycles. The van der Waals surface area contributed by atoms with Crippen molar-refractivity contribution in [3.8, 4) is 5.75 Å². The number of quaternary nitrogens is 1. The number of nitrogens with two attached hydrogens (primary N) is 1. The molecule has 0 amide bonds. The molecule has 0 unspecified atom stereocenters. The second kappa shape index (κ2) is 8.92. The van der Waals surface area contributed by atoms with Gasteiger partial charge in [0.25, 0.3) is 0 Å². The predicted molar refractivity (Wildman–Crippen MR) is 90.3 cm³/mol. The maximum absolute atomic E-state index is 12.1.